The minimum absolute atomic E-state index is 0.322. The number of carbonyl (C=O) groups excluding carboxylic acids is 2. The molecule has 0 saturated heterocycles. The molecule has 0 radical (unpaired) electrons. The van der Waals surface area contributed by atoms with Gasteiger partial charge in [0, 0.05) is 30.2 Å². The second kappa shape index (κ2) is 9.32. The minimum Gasteiger partial charge on any atom is -0.366 e. The molecule has 4 N–H and O–H groups in total. The van der Waals surface area contributed by atoms with Crippen molar-refractivity contribution in [3.8, 4) is 0 Å². The van der Waals surface area contributed by atoms with Crippen molar-refractivity contribution in [3.63, 3.8) is 0 Å². The van der Waals surface area contributed by atoms with Crippen molar-refractivity contribution < 1.29 is 9.59 Å². The van der Waals surface area contributed by atoms with Crippen molar-refractivity contribution in [2.24, 2.45) is 5.73 Å². The number of hydrogen-bond donors (Lipinski definition) is 3. The van der Waals surface area contributed by atoms with E-state index in [2.05, 4.69) is 15.6 Å². The van der Waals surface area contributed by atoms with Gasteiger partial charge in [0.15, 0.2) is 0 Å². The molecule has 2 aromatic carbocycles. The van der Waals surface area contributed by atoms with E-state index in [4.69, 9.17) is 5.73 Å². The monoisotopic (exact) mass is 374 g/mol. The Balaban J connectivity index is 1.65. The van der Waals surface area contributed by atoms with Gasteiger partial charge in [0.05, 0.1) is 0 Å². The lowest BCUT2D eigenvalue weighted by Crippen LogP contribution is -2.28. The highest BCUT2D eigenvalue weighted by atomic mass is 16.2. The quantitative estimate of drug-likeness (QED) is 0.592. The third kappa shape index (κ3) is 5.41. The van der Waals surface area contributed by atoms with Crippen LogP contribution in [-0.4, -0.2) is 16.9 Å². The molecule has 6 heteroatoms. The Hall–Kier alpha value is -3.67. The molecule has 3 aromatic rings. The molecule has 0 fully saturated rings. The zero-order valence-corrected chi connectivity index (χ0v) is 15.4. The number of anilines is 1. The number of urea groups is 1. The number of pyridine rings is 1. The molecule has 0 spiro atoms. The van der Waals surface area contributed by atoms with E-state index in [1.54, 1.807) is 30.6 Å². The Kier molecular flexibility index (Phi) is 6.36. The SMILES string of the molecule is NC(=O)c1ccc(NC(=O)NCc2ccncc2)cc1CCc1ccccc1. The summed E-state index contributed by atoms with van der Waals surface area (Å²) in [5.41, 5.74) is 9.52. The maximum Gasteiger partial charge on any atom is 0.319 e. The number of aryl methyl sites for hydroxylation is 2. The van der Waals surface area contributed by atoms with Gasteiger partial charge in [-0.2, -0.15) is 0 Å². The van der Waals surface area contributed by atoms with E-state index in [0.717, 1.165) is 17.5 Å². The lowest BCUT2D eigenvalue weighted by molar-refractivity contribution is 0.0999. The molecule has 0 atom stereocenters. The van der Waals surface area contributed by atoms with E-state index in [9.17, 15) is 9.59 Å². The summed E-state index contributed by atoms with van der Waals surface area (Å²) in [6, 6.07) is 18.5. The topological polar surface area (TPSA) is 97.1 Å². The largest absolute Gasteiger partial charge is 0.366 e. The molecule has 0 bridgehead atoms. The second-order valence-electron chi connectivity index (χ2n) is 6.38. The van der Waals surface area contributed by atoms with Crippen molar-refractivity contribution >= 4 is 17.6 Å². The van der Waals surface area contributed by atoms with Gasteiger partial charge in [-0.05, 0) is 59.9 Å². The number of nitrogens with one attached hydrogen (secondary N) is 2. The maximum atomic E-state index is 12.2. The molecule has 142 valence electrons. The molecule has 1 aromatic heterocycles. The summed E-state index contributed by atoms with van der Waals surface area (Å²) in [7, 11) is 0. The van der Waals surface area contributed by atoms with Gasteiger partial charge in [-0.1, -0.05) is 30.3 Å². The minimum atomic E-state index is -0.475. The number of nitrogens with two attached hydrogens (primary N) is 1. The first-order valence-corrected chi connectivity index (χ1v) is 9.02. The zero-order valence-electron chi connectivity index (χ0n) is 15.4. The summed E-state index contributed by atoms with van der Waals surface area (Å²) in [6.07, 6.45) is 4.78. The summed E-state index contributed by atoms with van der Waals surface area (Å²) >= 11 is 0. The first kappa shape index (κ1) is 19.1. The smallest absolute Gasteiger partial charge is 0.319 e. The lowest BCUT2D eigenvalue weighted by Gasteiger charge is -2.12. The third-order valence-corrected chi connectivity index (χ3v) is 4.36. The van der Waals surface area contributed by atoms with Gasteiger partial charge in [0.25, 0.3) is 0 Å². The molecule has 6 nitrogen and oxygen atoms in total. The van der Waals surface area contributed by atoms with Crippen molar-refractivity contribution in [2.75, 3.05) is 5.32 Å². The van der Waals surface area contributed by atoms with Gasteiger partial charge in [-0.3, -0.25) is 9.78 Å². The van der Waals surface area contributed by atoms with Crippen LogP contribution in [0.15, 0.2) is 73.1 Å². The van der Waals surface area contributed by atoms with Crippen molar-refractivity contribution in [1.29, 1.82) is 0 Å². The third-order valence-electron chi connectivity index (χ3n) is 4.36. The number of benzene rings is 2. The average molecular weight is 374 g/mol. The van der Waals surface area contributed by atoms with Crippen LogP contribution in [0.4, 0.5) is 10.5 Å². The van der Waals surface area contributed by atoms with Gasteiger partial charge >= 0.3 is 6.03 Å². The molecule has 28 heavy (non-hydrogen) atoms. The maximum absolute atomic E-state index is 12.2. The Morgan fingerprint density at radius 3 is 2.36 bits per heavy atom. The normalized spacial score (nSPS) is 10.3. The Morgan fingerprint density at radius 1 is 0.893 bits per heavy atom. The summed E-state index contributed by atoms with van der Waals surface area (Å²) < 4.78 is 0. The summed E-state index contributed by atoms with van der Waals surface area (Å²) in [4.78, 5) is 27.9. The highest BCUT2D eigenvalue weighted by molar-refractivity contribution is 5.96. The fourth-order valence-electron chi connectivity index (χ4n) is 2.90. The molecule has 0 aliphatic rings. The standard InChI is InChI=1S/C22H22N4O2/c23-21(27)20-9-8-19(14-18(20)7-6-16-4-2-1-3-5-16)26-22(28)25-15-17-10-12-24-13-11-17/h1-5,8-14H,6-7,15H2,(H2,23,27)(H2,25,26,28). The van der Waals surface area contributed by atoms with Gasteiger partial charge in [0.2, 0.25) is 5.91 Å². The Bertz CT molecular complexity index is 943. The summed E-state index contributed by atoms with van der Waals surface area (Å²) in [5, 5.41) is 5.59. The van der Waals surface area contributed by atoms with Crippen LogP contribution >= 0.6 is 0 Å². The van der Waals surface area contributed by atoms with Crippen LogP contribution in [0, 0.1) is 0 Å². The van der Waals surface area contributed by atoms with Crippen LogP contribution in [0.3, 0.4) is 0 Å². The molecule has 0 unspecified atom stereocenters. The molecule has 3 amide bonds. The fraction of sp³-hybridized carbons (Fsp3) is 0.136. The summed E-state index contributed by atoms with van der Waals surface area (Å²) in [6.45, 7) is 0.397. The Morgan fingerprint density at radius 2 is 1.64 bits per heavy atom. The molecule has 0 aliphatic carbocycles. The molecule has 0 aliphatic heterocycles. The molecular formula is C22H22N4O2. The van der Waals surface area contributed by atoms with Gasteiger partial charge in [-0.15, -0.1) is 0 Å². The fourth-order valence-corrected chi connectivity index (χ4v) is 2.90. The van der Waals surface area contributed by atoms with Crippen LogP contribution in [-0.2, 0) is 19.4 Å². The van der Waals surface area contributed by atoms with Crippen LogP contribution in [0.5, 0.6) is 0 Å². The first-order chi connectivity index (χ1) is 13.6. The number of carbonyl (C=O) groups is 2. The van der Waals surface area contributed by atoms with Gasteiger partial charge in [0.1, 0.15) is 0 Å². The highest BCUT2D eigenvalue weighted by Crippen LogP contribution is 2.18. The van der Waals surface area contributed by atoms with E-state index < -0.39 is 5.91 Å². The predicted molar refractivity (Wildman–Crippen MR) is 109 cm³/mol. The zero-order chi connectivity index (χ0) is 19.8. The van der Waals surface area contributed by atoms with E-state index in [1.807, 2.05) is 42.5 Å². The molecular weight excluding hydrogens is 352 g/mol. The van der Waals surface area contributed by atoms with E-state index in [-0.39, 0.29) is 6.03 Å². The summed E-state index contributed by atoms with van der Waals surface area (Å²) in [5.74, 6) is -0.475. The van der Waals surface area contributed by atoms with Crippen LogP contribution < -0.4 is 16.4 Å². The number of amides is 3. The number of rotatable bonds is 7. The van der Waals surface area contributed by atoms with Crippen LogP contribution in [0.1, 0.15) is 27.0 Å². The average Bonchev–Trinajstić information content (AvgIpc) is 2.72. The first-order valence-electron chi connectivity index (χ1n) is 9.02. The Labute approximate surface area is 163 Å². The molecule has 0 saturated carbocycles. The van der Waals surface area contributed by atoms with Crippen molar-refractivity contribution in [2.45, 2.75) is 19.4 Å². The van der Waals surface area contributed by atoms with Crippen LogP contribution in [0.25, 0.3) is 0 Å². The van der Waals surface area contributed by atoms with E-state index in [0.29, 0.717) is 24.2 Å². The lowest BCUT2D eigenvalue weighted by atomic mass is 9.98. The number of primary amides is 1. The predicted octanol–water partition coefficient (Wildman–Crippen LogP) is 3.29. The van der Waals surface area contributed by atoms with Crippen LogP contribution in [0.2, 0.25) is 0 Å². The second-order valence-corrected chi connectivity index (χ2v) is 6.38. The molecule has 3 rings (SSSR count). The number of aromatic nitrogens is 1. The van der Waals surface area contributed by atoms with Gasteiger partial charge in [-0.25, -0.2) is 4.79 Å². The molecule has 1 heterocycles. The van der Waals surface area contributed by atoms with E-state index >= 15 is 0 Å². The van der Waals surface area contributed by atoms with Crippen molar-refractivity contribution in [3.05, 3.63) is 95.3 Å². The van der Waals surface area contributed by atoms with E-state index in [1.165, 1.54) is 5.56 Å². The van der Waals surface area contributed by atoms with Crippen molar-refractivity contribution in [1.82, 2.24) is 10.3 Å². The number of hydrogen-bond acceptors (Lipinski definition) is 3. The number of nitrogens with zero attached hydrogens (tertiary/aromatic N) is 1. The van der Waals surface area contributed by atoms with Gasteiger partial charge < -0.3 is 16.4 Å². The highest BCUT2D eigenvalue weighted by Gasteiger charge is 2.11.